The van der Waals surface area contributed by atoms with Crippen LogP contribution in [0.3, 0.4) is 0 Å². The second-order valence-corrected chi connectivity index (χ2v) is 6.12. The summed E-state index contributed by atoms with van der Waals surface area (Å²) in [5.41, 5.74) is 0.452. The quantitative estimate of drug-likeness (QED) is 0.891. The minimum absolute atomic E-state index is 0.452. The van der Waals surface area contributed by atoms with Crippen molar-refractivity contribution in [3.8, 4) is 0 Å². The van der Waals surface area contributed by atoms with Crippen LogP contribution in [0.15, 0.2) is 22.8 Å². The van der Waals surface area contributed by atoms with Gasteiger partial charge < -0.3 is 14.5 Å². The Kier molecular flexibility index (Phi) is 2.52. The lowest BCUT2D eigenvalue weighted by Crippen LogP contribution is -2.67. The van der Waals surface area contributed by atoms with Gasteiger partial charge in [-0.15, -0.1) is 0 Å². The number of hydrogen-bond donors (Lipinski definition) is 1. The first-order valence-corrected chi connectivity index (χ1v) is 7.27. The van der Waals surface area contributed by atoms with Crippen molar-refractivity contribution in [3.05, 3.63) is 24.2 Å². The molecule has 1 aliphatic heterocycles. The predicted octanol–water partition coefficient (Wildman–Crippen LogP) is 2.72. The number of fused-ring (bicyclic) bond motifs is 2. The molecule has 98 valence electrons. The molecular weight excluding hydrogens is 226 g/mol. The number of ether oxygens (including phenoxy) is 1. The Hall–Kier alpha value is -0.800. The van der Waals surface area contributed by atoms with Crippen LogP contribution in [0, 0.1) is 11.3 Å². The fourth-order valence-corrected chi connectivity index (χ4v) is 4.63. The van der Waals surface area contributed by atoms with Crippen molar-refractivity contribution >= 4 is 0 Å². The maximum atomic E-state index is 5.99. The van der Waals surface area contributed by atoms with E-state index in [0.717, 1.165) is 24.8 Å². The molecule has 2 heterocycles. The number of furan rings is 1. The van der Waals surface area contributed by atoms with E-state index in [1.807, 2.05) is 6.07 Å². The van der Waals surface area contributed by atoms with Crippen LogP contribution in [-0.2, 0) is 11.3 Å². The SMILES string of the molecule is c1coc(CN[C@H]2[C@H]3CCO[C@H]3C23CCCC3)c1. The van der Waals surface area contributed by atoms with Gasteiger partial charge in [0.25, 0.3) is 0 Å². The van der Waals surface area contributed by atoms with Gasteiger partial charge in [-0.1, -0.05) is 12.8 Å². The van der Waals surface area contributed by atoms with Crippen molar-refractivity contribution in [1.29, 1.82) is 0 Å². The molecule has 1 saturated heterocycles. The lowest BCUT2D eigenvalue weighted by atomic mass is 9.54. The third kappa shape index (κ3) is 1.44. The van der Waals surface area contributed by atoms with E-state index in [-0.39, 0.29) is 0 Å². The number of hydrogen-bond acceptors (Lipinski definition) is 3. The molecular formula is C15H21NO2. The van der Waals surface area contributed by atoms with Gasteiger partial charge in [-0.25, -0.2) is 0 Å². The Balaban J connectivity index is 1.48. The molecule has 3 aliphatic rings. The predicted molar refractivity (Wildman–Crippen MR) is 68.1 cm³/mol. The van der Waals surface area contributed by atoms with E-state index in [2.05, 4.69) is 11.4 Å². The molecule has 1 aromatic heterocycles. The number of nitrogens with one attached hydrogen (secondary N) is 1. The van der Waals surface area contributed by atoms with Crippen molar-refractivity contribution in [2.24, 2.45) is 11.3 Å². The molecule has 1 aromatic rings. The van der Waals surface area contributed by atoms with E-state index in [0.29, 0.717) is 17.6 Å². The standard InChI is InChI=1S/C15H21NO2/c1-2-7-15(6-1)13(12-5-9-18-14(12)15)16-10-11-4-3-8-17-11/h3-4,8,12-14,16H,1-2,5-7,9-10H2/t12-,13+,14-/m1/s1. The fourth-order valence-electron chi connectivity index (χ4n) is 4.63. The Labute approximate surface area is 108 Å². The second-order valence-electron chi connectivity index (χ2n) is 6.12. The summed E-state index contributed by atoms with van der Waals surface area (Å²) in [6.07, 6.45) is 9.01. The zero-order valence-electron chi connectivity index (χ0n) is 10.7. The molecule has 3 nitrogen and oxygen atoms in total. The molecule has 2 saturated carbocycles. The third-order valence-electron chi connectivity index (χ3n) is 5.36. The highest BCUT2D eigenvalue weighted by molar-refractivity contribution is 5.17. The maximum Gasteiger partial charge on any atom is 0.117 e. The molecule has 0 bridgehead atoms. The van der Waals surface area contributed by atoms with Crippen molar-refractivity contribution < 1.29 is 9.15 Å². The normalized spacial score (nSPS) is 36.8. The Bertz CT molecular complexity index is 408. The zero-order chi connectivity index (χ0) is 12.0. The van der Waals surface area contributed by atoms with E-state index >= 15 is 0 Å². The molecule has 0 amide bonds. The molecule has 0 unspecified atom stereocenters. The minimum Gasteiger partial charge on any atom is -0.468 e. The summed E-state index contributed by atoms with van der Waals surface area (Å²) in [6.45, 7) is 1.83. The molecule has 2 aliphatic carbocycles. The van der Waals surface area contributed by atoms with Gasteiger partial charge in [-0.05, 0) is 31.4 Å². The molecule has 3 heteroatoms. The maximum absolute atomic E-state index is 5.99. The fraction of sp³-hybridized carbons (Fsp3) is 0.733. The zero-order valence-corrected chi connectivity index (χ0v) is 10.7. The first kappa shape index (κ1) is 11.1. The largest absolute Gasteiger partial charge is 0.468 e. The van der Waals surface area contributed by atoms with Gasteiger partial charge in [0.2, 0.25) is 0 Å². The molecule has 3 atom stereocenters. The van der Waals surface area contributed by atoms with Crippen LogP contribution in [0.25, 0.3) is 0 Å². The molecule has 3 fully saturated rings. The second kappa shape index (κ2) is 4.10. The summed E-state index contributed by atoms with van der Waals surface area (Å²) in [5.74, 6) is 1.79. The van der Waals surface area contributed by atoms with Crippen molar-refractivity contribution in [2.75, 3.05) is 6.61 Å². The van der Waals surface area contributed by atoms with E-state index in [1.165, 1.54) is 32.1 Å². The van der Waals surface area contributed by atoms with Crippen molar-refractivity contribution in [1.82, 2.24) is 5.32 Å². The first-order chi connectivity index (χ1) is 8.90. The monoisotopic (exact) mass is 247 g/mol. The van der Waals surface area contributed by atoms with Gasteiger partial charge in [0.05, 0.1) is 18.9 Å². The summed E-state index contributed by atoms with van der Waals surface area (Å²) in [5, 5.41) is 3.75. The van der Waals surface area contributed by atoms with Crippen molar-refractivity contribution in [3.63, 3.8) is 0 Å². The summed E-state index contributed by atoms with van der Waals surface area (Å²) in [6, 6.07) is 4.66. The van der Waals surface area contributed by atoms with E-state index < -0.39 is 0 Å². The van der Waals surface area contributed by atoms with Crippen LogP contribution in [0.2, 0.25) is 0 Å². The number of rotatable bonds is 3. The van der Waals surface area contributed by atoms with Gasteiger partial charge in [0.15, 0.2) is 0 Å². The molecule has 4 rings (SSSR count). The summed E-state index contributed by atoms with van der Waals surface area (Å²) in [7, 11) is 0. The van der Waals surface area contributed by atoms with Crippen LogP contribution in [0.5, 0.6) is 0 Å². The first-order valence-electron chi connectivity index (χ1n) is 7.27. The van der Waals surface area contributed by atoms with Crippen LogP contribution >= 0.6 is 0 Å². The molecule has 0 radical (unpaired) electrons. The van der Waals surface area contributed by atoms with Gasteiger partial charge in [0.1, 0.15) is 5.76 Å². The van der Waals surface area contributed by atoms with Crippen LogP contribution < -0.4 is 5.32 Å². The lowest BCUT2D eigenvalue weighted by molar-refractivity contribution is -0.131. The molecule has 0 aromatic carbocycles. The highest BCUT2D eigenvalue weighted by atomic mass is 16.5. The summed E-state index contributed by atoms with van der Waals surface area (Å²) in [4.78, 5) is 0. The average Bonchev–Trinajstić information content (AvgIpc) is 3.10. The highest BCUT2D eigenvalue weighted by Crippen LogP contribution is 2.60. The molecule has 1 N–H and O–H groups in total. The minimum atomic E-state index is 0.452. The Morgan fingerprint density at radius 1 is 1.33 bits per heavy atom. The lowest BCUT2D eigenvalue weighted by Gasteiger charge is -2.57. The van der Waals surface area contributed by atoms with Gasteiger partial charge in [-0.2, -0.15) is 0 Å². The van der Waals surface area contributed by atoms with Crippen LogP contribution in [-0.4, -0.2) is 18.8 Å². The molecule has 18 heavy (non-hydrogen) atoms. The topological polar surface area (TPSA) is 34.4 Å². The van der Waals surface area contributed by atoms with E-state index in [4.69, 9.17) is 9.15 Å². The van der Waals surface area contributed by atoms with Crippen LogP contribution in [0.1, 0.15) is 37.9 Å². The van der Waals surface area contributed by atoms with Gasteiger partial charge >= 0.3 is 0 Å². The Morgan fingerprint density at radius 2 is 2.22 bits per heavy atom. The van der Waals surface area contributed by atoms with Crippen molar-refractivity contribution in [2.45, 2.75) is 50.8 Å². The van der Waals surface area contributed by atoms with Gasteiger partial charge in [0, 0.05) is 24.0 Å². The summed E-state index contributed by atoms with van der Waals surface area (Å²) < 4.78 is 11.4. The van der Waals surface area contributed by atoms with E-state index in [1.54, 1.807) is 6.26 Å². The van der Waals surface area contributed by atoms with Crippen LogP contribution in [0.4, 0.5) is 0 Å². The third-order valence-corrected chi connectivity index (χ3v) is 5.36. The summed E-state index contributed by atoms with van der Waals surface area (Å²) >= 11 is 0. The highest BCUT2D eigenvalue weighted by Gasteiger charge is 2.64. The smallest absolute Gasteiger partial charge is 0.117 e. The van der Waals surface area contributed by atoms with E-state index in [9.17, 15) is 0 Å². The van der Waals surface area contributed by atoms with Gasteiger partial charge in [-0.3, -0.25) is 0 Å². The Morgan fingerprint density at radius 3 is 3.00 bits per heavy atom. The molecule has 1 spiro atoms. The average molecular weight is 247 g/mol.